The maximum atomic E-state index is 12.6. The second-order valence-corrected chi connectivity index (χ2v) is 5.48. The van der Waals surface area contributed by atoms with Crippen LogP contribution in [0.15, 0.2) is 66.7 Å². The van der Waals surface area contributed by atoms with Crippen molar-refractivity contribution in [1.29, 1.82) is 0 Å². The van der Waals surface area contributed by atoms with E-state index in [1.165, 1.54) is 0 Å². The van der Waals surface area contributed by atoms with E-state index in [2.05, 4.69) is 24.8 Å². The number of carbonyl (C=O) groups is 1. The van der Waals surface area contributed by atoms with Crippen LogP contribution in [0.4, 0.5) is 0 Å². The van der Waals surface area contributed by atoms with Gasteiger partial charge in [0.05, 0.1) is 0 Å². The Hall–Kier alpha value is -2.93. The van der Waals surface area contributed by atoms with Crippen molar-refractivity contribution in [2.45, 2.75) is 0 Å². The highest BCUT2D eigenvalue weighted by Crippen LogP contribution is 2.24. The first-order valence-electron chi connectivity index (χ1n) is 7.28. The molecule has 4 rings (SSSR count). The number of benzene rings is 3. The van der Waals surface area contributed by atoms with Crippen LogP contribution in [0.25, 0.3) is 29.0 Å². The summed E-state index contributed by atoms with van der Waals surface area (Å²) in [5.74, 6) is 0.0416. The van der Waals surface area contributed by atoms with E-state index < -0.39 is 0 Å². The molecule has 1 nitrogen and oxygen atoms in total. The Balaban J connectivity index is 2.29. The van der Waals surface area contributed by atoms with Crippen LogP contribution in [-0.2, 0) is 4.79 Å². The van der Waals surface area contributed by atoms with Crippen molar-refractivity contribution in [1.82, 2.24) is 0 Å². The molecule has 0 saturated carbocycles. The highest BCUT2D eigenvalue weighted by atomic mass is 16.1. The van der Waals surface area contributed by atoms with E-state index >= 15 is 0 Å². The highest BCUT2D eigenvalue weighted by Gasteiger charge is 2.18. The van der Waals surface area contributed by atoms with E-state index in [0.717, 1.165) is 37.9 Å². The van der Waals surface area contributed by atoms with Crippen molar-refractivity contribution in [3.05, 3.63) is 88.3 Å². The number of allylic oxidation sites excluding steroid dienone is 1. The van der Waals surface area contributed by atoms with Crippen molar-refractivity contribution in [2.75, 3.05) is 0 Å². The minimum Gasteiger partial charge on any atom is -0.289 e. The fourth-order valence-electron chi connectivity index (χ4n) is 3.12. The largest absolute Gasteiger partial charge is 0.289 e. The molecular weight excluding hydrogens is 268 g/mol. The van der Waals surface area contributed by atoms with Gasteiger partial charge < -0.3 is 0 Å². The van der Waals surface area contributed by atoms with E-state index in [9.17, 15) is 4.79 Å². The zero-order valence-electron chi connectivity index (χ0n) is 12.0. The molecule has 1 heteroatoms. The van der Waals surface area contributed by atoms with E-state index in [1.54, 1.807) is 6.08 Å². The van der Waals surface area contributed by atoms with Gasteiger partial charge >= 0.3 is 0 Å². The summed E-state index contributed by atoms with van der Waals surface area (Å²) >= 11 is 0. The lowest BCUT2D eigenvalue weighted by atomic mass is 9.88. The molecule has 0 bridgehead atoms. The Morgan fingerprint density at radius 1 is 0.773 bits per heavy atom. The Kier molecular flexibility index (Phi) is 2.80. The lowest BCUT2D eigenvalue weighted by molar-refractivity contribution is -0.109. The molecule has 1 aliphatic carbocycles. The summed E-state index contributed by atoms with van der Waals surface area (Å²) in [5, 5.41) is 4.02. The van der Waals surface area contributed by atoms with Gasteiger partial charge in [-0.1, -0.05) is 73.3 Å². The van der Waals surface area contributed by atoms with Crippen molar-refractivity contribution in [3.63, 3.8) is 0 Å². The number of hydrogen-bond donors (Lipinski definition) is 0. The zero-order chi connectivity index (χ0) is 15.1. The number of fused-ring (bicyclic) bond motifs is 2. The number of rotatable bonds is 0. The SMILES string of the molecule is C=c1ccc2ccccc2/c1=C1\C(=O)C=Cc2ccccc21. The second kappa shape index (κ2) is 4.81. The van der Waals surface area contributed by atoms with Crippen LogP contribution in [0, 0.1) is 0 Å². The predicted octanol–water partition coefficient (Wildman–Crippen LogP) is 3.05. The first-order chi connectivity index (χ1) is 10.8. The van der Waals surface area contributed by atoms with Crippen LogP contribution in [0.2, 0.25) is 0 Å². The van der Waals surface area contributed by atoms with Crippen LogP contribution >= 0.6 is 0 Å². The molecule has 0 aliphatic heterocycles. The lowest BCUT2D eigenvalue weighted by Gasteiger charge is -2.14. The van der Waals surface area contributed by atoms with E-state index in [-0.39, 0.29) is 5.78 Å². The molecule has 0 N–H and O–H groups in total. The fraction of sp³-hybridized carbons (Fsp3) is 0. The molecule has 0 amide bonds. The minimum atomic E-state index is 0.0416. The molecule has 0 unspecified atom stereocenters. The summed E-state index contributed by atoms with van der Waals surface area (Å²) in [6, 6.07) is 20.2. The molecular formula is C21H14O. The highest BCUT2D eigenvalue weighted by molar-refractivity contribution is 6.30. The number of ketones is 1. The molecule has 3 aromatic carbocycles. The van der Waals surface area contributed by atoms with E-state index in [4.69, 9.17) is 0 Å². The monoisotopic (exact) mass is 282 g/mol. The zero-order valence-corrected chi connectivity index (χ0v) is 12.0. The average molecular weight is 282 g/mol. The Morgan fingerprint density at radius 3 is 2.45 bits per heavy atom. The van der Waals surface area contributed by atoms with E-state index in [1.807, 2.05) is 48.5 Å². The van der Waals surface area contributed by atoms with Crippen molar-refractivity contribution >= 4 is 34.8 Å². The summed E-state index contributed by atoms with van der Waals surface area (Å²) < 4.78 is 0. The molecule has 0 atom stereocenters. The molecule has 22 heavy (non-hydrogen) atoms. The summed E-state index contributed by atoms with van der Waals surface area (Å²) in [6.45, 7) is 4.16. The number of hydrogen-bond acceptors (Lipinski definition) is 1. The van der Waals surface area contributed by atoms with Crippen LogP contribution in [0.3, 0.4) is 0 Å². The molecule has 0 aromatic heterocycles. The van der Waals surface area contributed by atoms with Crippen LogP contribution < -0.4 is 10.4 Å². The van der Waals surface area contributed by atoms with Gasteiger partial charge in [0.2, 0.25) is 0 Å². The van der Waals surface area contributed by atoms with Crippen LogP contribution in [0.5, 0.6) is 0 Å². The van der Waals surface area contributed by atoms with Gasteiger partial charge in [0.25, 0.3) is 0 Å². The van der Waals surface area contributed by atoms with Gasteiger partial charge in [-0.05, 0) is 33.2 Å². The van der Waals surface area contributed by atoms with E-state index in [0.29, 0.717) is 0 Å². The first kappa shape index (κ1) is 12.8. The van der Waals surface area contributed by atoms with Crippen molar-refractivity contribution in [3.8, 4) is 0 Å². The van der Waals surface area contributed by atoms with Gasteiger partial charge in [0.1, 0.15) is 0 Å². The van der Waals surface area contributed by atoms with Gasteiger partial charge in [0.15, 0.2) is 5.78 Å². The molecule has 0 spiro atoms. The normalized spacial score (nSPS) is 15.9. The third kappa shape index (κ3) is 1.83. The fourth-order valence-corrected chi connectivity index (χ4v) is 3.12. The average Bonchev–Trinajstić information content (AvgIpc) is 2.56. The smallest absolute Gasteiger partial charge is 0.187 e. The Labute approximate surface area is 128 Å². The third-order valence-corrected chi connectivity index (χ3v) is 4.16. The molecule has 0 radical (unpaired) electrons. The summed E-state index contributed by atoms with van der Waals surface area (Å²) in [5.41, 5.74) is 2.81. The molecule has 3 aromatic rings. The standard InChI is InChI=1S/C21H14O/c1-14-10-11-15-6-2-4-8-17(15)20(14)21-18-9-5-3-7-16(18)12-13-19(21)22/h2-13H,1H2/b21-20-. The van der Waals surface area contributed by atoms with Crippen molar-refractivity contribution in [2.24, 2.45) is 0 Å². The van der Waals surface area contributed by atoms with Crippen molar-refractivity contribution < 1.29 is 4.79 Å². The van der Waals surface area contributed by atoms with Crippen LogP contribution in [0.1, 0.15) is 11.1 Å². The molecule has 0 heterocycles. The number of carbonyl (C=O) groups excluding carboxylic acids is 1. The lowest BCUT2D eigenvalue weighted by Crippen LogP contribution is -2.30. The Bertz CT molecular complexity index is 1050. The summed E-state index contributed by atoms with van der Waals surface area (Å²) in [4.78, 5) is 12.6. The molecule has 104 valence electrons. The van der Waals surface area contributed by atoms with Gasteiger partial charge in [-0.15, -0.1) is 0 Å². The summed E-state index contributed by atoms with van der Waals surface area (Å²) in [7, 11) is 0. The molecule has 0 fully saturated rings. The van der Waals surface area contributed by atoms with Gasteiger partial charge in [-0.25, -0.2) is 0 Å². The topological polar surface area (TPSA) is 17.1 Å². The first-order valence-corrected chi connectivity index (χ1v) is 7.28. The quantitative estimate of drug-likeness (QED) is 0.619. The molecule has 1 aliphatic rings. The Morgan fingerprint density at radius 2 is 1.55 bits per heavy atom. The maximum Gasteiger partial charge on any atom is 0.187 e. The second-order valence-electron chi connectivity index (χ2n) is 5.48. The molecule has 0 saturated heterocycles. The van der Waals surface area contributed by atoms with Crippen LogP contribution in [-0.4, -0.2) is 5.78 Å². The van der Waals surface area contributed by atoms with Gasteiger partial charge in [0, 0.05) is 10.8 Å². The van der Waals surface area contributed by atoms with Gasteiger partial charge in [-0.2, -0.15) is 0 Å². The maximum absolute atomic E-state index is 12.6. The third-order valence-electron chi connectivity index (χ3n) is 4.16. The minimum absolute atomic E-state index is 0.0416. The van der Waals surface area contributed by atoms with Gasteiger partial charge in [-0.3, -0.25) is 4.79 Å². The predicted molar refractivity (Wildman–Crippen MR) is 91.7 cm³/mol. The summed E-state index contributed by atoms with van der Waals surface area (Å²) in [6.07, 6.45) is 3.54.